The van der Waals surface area contributed by atoms with Gasteiger partial charge in [0.2, 0.25) is 0 Å². The average molecular weight is 328 g/mol. The van der Waals surface area contributed by atoms with Gasteiger partial charge in [0.25, 0.3) is 0 Å². The van der Waals surface area contributed by atoms with Crippen LogP contribution in [0.1, 0.15) is 24.0 Å². The van der Waals surface area contributed by atoms with Crippen molar-refractivity contribution in [2.24, 2.45) is 10.2 Å². The first kappa shape index (κ1) is 16.9. The number of nitrogens with one attached hydrogen (secondary N) is 1. The molecule has 2 rings (SSSR count). The summed E-state index contributed by atoms with van der Waals surface area (Å²) < 4.78 is 0. The summed E-state index contributed by atoms with van der Waals surface area (Å²) in [6.45, 7) is 2.44. The topological polar surface area (TPSA) is 73.2 Å². The van der Waals surface area contributed by atoms with Gasteiger partial charge in [0.05, 0.1) is 11.4 Å². The van der Waals surface area contributed by atoms with Gasteiger partial charge in [-0.15, -0.1) is 0 Å². The third-order valence-electron chi connectivity index (χ3n) is 3.34. The van der Waals surface area contributed by atoms with Crippen LogP contribution in [-0.2, 0) is 0 Å². The lowest BCUT2D eigenvalue weighted by atomic mass is 10.1. The summed E-state index contributed by atoms with van der Waals surface area (Å²) in [7, 11) is 0. The second kappa shape index (κ2) is 8.83. The Balaban J connectivity index is 2.16. The summed E-state index contributed by atoms with van der Waals surface area (Å²) in [5.41, 5.74) is 15.4. The number of azide groups is 1. The Bertz CT molecular complexity index is 721. The number of benzene rings is 2. The fourth-order valence-electron chi connectivity index (χ4n) is 2.14. The maximum atomic E-state index is 8.36. The number of hydrogen-bond donors (Lipinski definition) is 1. The third kappa shape index (κ3) is 5.33. The van der Waals surface area contributed by atoms with Crippen LogP contribution in [0.25, 0.3) is 10.4 Å². The van der Waals surface area contributed by atoms with Crippen molar-refractivity contribution in [2.45, 2.75) is 19.8 Å². The van der Waals surface area contributed by atoms with E-state index in [1.165, 1.54) is 0 Å². The first-order valence-electron chi connectivity index (χ1n) is 7.35. The first-order valence-corrected chi connectivity index (χ1v) is 7.73. The van der Waals surface area contributed by atoms with Gasteiger partial charge in [0, 0.05) is 16.5 Å². The van der Waals surface area contributed by atoms with Crippen LogP contribution in [0.15, 0.2) is 58.7 Å². The van der Waals surface area contributed by atoms with Gasteiger partial charge in [-0.05, 0) is 54.6 Å². The number of hydrazone groups is 1. The highest BCUT2D eigenvalue weighted by molar-refractivity contribution is 6.30. The lowest BCUT2D eigenvalue weighted by Gasteiger charge is -2.09. The van der Waals surface area contributed by atoms with Crippen LogP contribution in [-0.4, -0.2) is 12.3 Å². The zero-order chi connectivity index (χ0) is 16.5. The molecule has 0 radical (unpaired) electrons. The van der Waals surface area contributed by atoms with E-state index in [9.17, 15) is 0 Å². The molecule has 2 aromatic carbocycles. The molecule has 6 heteroatoms. The Hall–Kier alpha value is -2.49. The lowest BCUT2D eigenvalue weighted by Crippen LogP contribution is -2.06. The predicted octanol–water partition coefficient (Wildman–Crippen LogP) is 5.56. The molecule has 0 saturated carbocycles. The molecule has 0 spiro atoms. The molecule has 0 bridgehead atoms. The van der Waals surface area contributed by atoms with Crippen molar-refractivity contribution < 1.29 is 0 Å². The van der Waals surface area contributed by atoms with E-state index < -0.39 is 0 Å². The molecule has 0 atom stereocenters. The Morgan fingerprint density at radius 1 is 1.22 bits per heavy atom. The molecular formula is C17H18ClN5. The molecule has 0 unspecified atom stereocenters. The zero-order valence-corrected chi connectivity index (χ0v) is 13.7. The molecule has 0 amide bonds. The summed E-state index contributed by atoms with van der Waals surface area (Å²) in [4.78, 5) is 2.78. The number of rotatable bonds is 7. The van der Waals surface area contributed by atoms with Crippen LogP contribution in [0, 0.1) is 6.92 Å². The van der Waals surface area contributed by atoms with Crippen LogP contribution in [0.4, 0.5) is 5.69 Å². The monoisotopic (exact) mass is 327 g/mol. The van der Waals surface area contributed by atoms with E-state index in [2.05, 4.69) is 20.6 Å². The maximum Gasteiger partial charge on any atom is 0.0679 e. The zero-order valence-electron chi connectivity index (χ0n) is 12.9. The fraction of sp³-hybridized carbons (Fsp3) is 0.235. The Morgan fingerprint density at radius 3 is 2.70 bits per heavy atom. The van der Waals surface area contributed by atoms with Crippen molar-refractivity contribution in [3.63, 3.8) is 0 Å². The van der Waals surface area contributed by atoms with Crippen LogP contribution < -0.4 is 5.43 Å². The molecule has 0 heterocycles. The highest BCUT2D eigenvalue weighted by Crippen LogP contribution is 2.20. The van der Waals surface area contributed by atoms with Crippen molar-refractivity contribution in [1.29, 1.82) is 0 Å². The fourth-order valence-corrected chi connectivity index (χ4v) is 2.36. The quantitative estimate of drug-likeness (QED) is 0.177. The Labute approximate surface area is 140 Å². The third-order valence-corrected chi connectivity index (χ3v) is 3.58. The highest BCUT2D eigenvalue weighted by Gasteiger charge is 2.04. The smallest absolute Gasteiger partial charge is 0.0679 e. The van der Waals surface area contributed by atoms with E-state index in [1.54, 1.807) is 0 Å². The molecule has 2 aromatic rings. The number of aryl methyl sites for hydroxylation is 1. The second-order valence-corrected chi connectivity index (χ2v) is 5.49. The standard InChI is InChI=1S/C17H18ClN5/c1-13-12-15(18)9-10-16(13)21-22-17(8-5-11-20-23-19)14-6-3-2-4-7-14/h2-4,6-7,9-10,12,21H,5,8,11H2,1H3. The van der Waals surface area contributed by atoms with Gasteiger partial charge in [0.1, 0.15) is 0 Å². The number of nitrogens with zero attached hydrogens (tertiary/aromatic N) is 4. The number of halogens is 1. The minimum absolute atomic E-state index is 0.461. The largest absolute Gasteiger partial charge is 0.278 e. The molecule has 0 saturated heterocycles. The van der Waals surface area contributed by atoms with Gasteiger partial charge in [-0.3, -0.25) is 5.43 Å². The van der Waals surface area contributed by atoms with E-state index in [0.717, 1.165) is 35.4 Å². The normalized spacial score (nSPS) is 11.0. The Kier molecular flexibility index (Phi) is 6.48. The van der Waals surface area contributed by atoms with Crippen molar-refractivity contribution in [1.82, 2.24) is 0 Å². The van der Waals surface area contributed by atoms with E-state index in [-0.39, 0.29) is 0 Å². The molecule has 0 fully saturated rings. The van der Waals surface area contributed by atoms with Crippen LogP contribution in [0.3, 0.4) is 0 Å². The van der Waals surface area contributed by atoms with Crippen LogP contribution in [0.5, 0.6) is 0 Å². The van der Waals surface area contributed by atoms with Gasteiger partial charge in [-0.1, -0.05) is 47.0 Å². The SMILES string of the molecule is Cc1cc(Cl)ccc1NN=C(CCCN=[N+]=[N-])c1ccccc1. The van der Waals surface area contributed by atoms with Crippen LogP contribution in [0.2, 0.25) is 5.02 Å². The molecule has 23 heavy (non-hydrogen) atoms. The van der Waals surface area contributed by atoms with Crippen molar-refractivity contribution in [3.05, 3.63) is 75.1 Å². The molecule has 5 nitrogen and oxygen atoms in total. The second-order valence-electron chi connectivity index (χ2n) is 5.05. The maximum absolute atomic E-state index is 8.36. The summed E-state index contributed by atoms with van der Waals surface area (Å²) >= 11 is 5.97. The van der Waals surface area contributed by atoms with Crippen LogP contribution >= 0.6 is 11.6 Å². The molecule has 0 aliphatic rings. The molecule has 0 aliphatic carbocycles. The molecule has 0 aromatic heterocycles. The molecule has 1 N–H and O–H groups in total. The van der Waals surface area contributed by atoms with Gasteiger partial charge in [-0.2, -0.15) is 5.10 Å². The van der Waals surface area contributed by atoms with E-state index in [0.29, 0.717) is 11.6 Å². The summed E-state index contributed by atoms with van der Waals surface area (Å²) in [5.74, 6) is 0. The molecule has 118 valence electrons. The van der Waals surface area contributed by atoms with E-state index in [4.69, 9.17) is 17.1 Å². The van der Waals surface area contributed by atoms with Gasteiger partial charge >= 0.3 is 0 Å². The van der Waals surface area contributed by atoms with E-state index >= 15 is 0 Å². The Morgan fingerprint density at radius 2 is 2.00 bits per heavy atom. The van der Waals surface area contributed by atoms with Crippen molar-refractivity contribution in [2.75, 3.05) is 12.0 Å². The van der Waals surface area contributed by atoms with E-state index in [1.807, 2.05) is 55.5 Å². The number of hydrogen-bond acceptors (Lipinski definition) is 3. The predicted molar refractivity (Wildman–Crippen MR) is 96.0 cm³/mol. The van der Waals surface area contributed by atoms with Crippen molar-refractivity contribution >= 4 is 23.0 Å². The van der Waals surface area contributed by atoms with Gasteiger partial charge in [0.15, 0.2) is 0 Å². The summed E-state index contributed by atoms with van der Waals surface area (Å²) in [6.07, 6.45) is 1.47. The highest BCUT2D eigenvalue weighted by atomic mass is 35.5. The average Bonchev–Trinajstić information content (AvgIpc) is 2.56. The van der Waals surface area contributed by atoms with Gasteiger partial charge in [-0.25, -0.2) is 0 Å². The summed E-state index contributed by atoms with van der Waals surface area (Å²) in [6, 6.07) is 15.6. The summed E-state index contributed by atoms with van der Waals surface area (Å²) in [5, 5.41) is 8.81. The van der Waals surface area contributed by atoms with Gasteiger partial charge < -0.3 is 0 Å². The minimum Gasteiger partial charge on any atom is -0.278 e. The molecule has 0 aliphatic heterocycles. The molecular weight excluding hydrogens is 310 g/mol. The minimum atomic E-state index is 0.461. The number of anilines is 1. The van der Waals surface area contributed by atoms with Crippen molar-refractivity contribution in [3.8, 4) is 0 Å². The first-order chi connectivity index (χ1) is 11.2. The lowest BCUT2D eigenvalue weighted by molar-refractivity contribution is 0.868.